The number of aromatic nitrogens is 2. The zero-order valence-corrected chi connectivity index (χ0v) is 12.8. The first-order valence-electron chi connectivity index (χ1n) is 6.54. The summed E-state index contributed by atoms with van der Waals surface area (Å²) in [6, 6.07) is 6.00. The van der Waals surface area contributed by atoms with Gasteiger partial charge in [-0.3, -0.25) is 0 Å². The van der Waals surface area contributed by atoms with Crippen molar-refractivity contribution in [3.05, 3.63) is 24.0 Å². The summed E-state index contributed by atoms with van der Waals surface area (Å²) in [5, 5.41) is 0. The molecular weight excluding hydrogens is 260 g/mol. The molecule has 0 aliphatic rings. The fraction of sp³-hybridized carbons (Fsp3) is 0.533. The monoisotopic (exact) mass is 280 g/mol. The largest absolute Gasteiger partial charge is 0.497 e. The van der Waals surface area contributed by atoms with E-state index in [1.807, 2.05) is 18.2 Å². The fourth-order valence-electron chi connectivity index (χ4n) is 2.21. The van der Waals surface area contributed by atoms with Gasteiger partial charge in [-0.1, -0.05) is 20.8 Å². The Morgan fingerprint density at radius 2 is 2.05 bits per heavy atom. The number of benzene rings is 1. The molecule has 1 aromatic heterocycles. The summed E-state index contributed by atoms with van der Waals surface area (Å²) in [6.45, 7) is 7.60. The molecular formula is C15H21ClN2O. The van der Waals surface area contributed by atoms with Crippen molar-refractivity contribution in [2.24, 2.45) is 5.41 Å². The molecule has 0 spiro atoms. The van der Waals surface area contributed by atoms with Crippen molar-refractivity contribution in [2.45, 2.75) is 33.7 Å². The molecule has 0 atom stereocenters. The molecule has 0 bridgehead atoms. The maximum absolute atomic E-state index is 5.89. The van der Waals surface area contributed by atoms with Gasteiger partial charge in [0.05, 0.1) is 18.1 Å². The Morgan fingerprint density at radius 1 is 1.32 bits per heavy atom. The van der Waals surface area contributed by atoms with Crippen LogP contribution in [-0.2, 0) is 13.0 Å². The second kappa shape index (κ2) is 5.41. The molecule has 2 rings (SSSR count). The van der Waals surface area contributed by atoms with E-state index in [2.05, 4.69) is 30.3 Å². The van der Waals surface area contributed by atoms with Crippen molar-refractivity contribution in [3.8, 4) is 5.75 Å². The van der Waals surface area contributed by atoms with Crippen LogP contribution in [0, 0.1) is 5.41 Å². The Labute approximate surface area is 119 Å². The van der Waals surface area contributed by atoms with Gasteiger partial charge < -0.3 is 9.30 Å². The highest BCUT2D eigenvalue weighted by molar-refractivity contribution is 6.17. The predicted octanol–water partition coefficient (Wildman–Crippen LogP) is 3.87. The highest BCUT2D eigenvalue weighted by Gasteiger charge is 2.17. The fourth-order valence-corrected chi connectivity index (χ4v) is 2.37. The van der Waals surface area contributed by atoms with Gasteiger partial charge in [0.25, 0.3) is 0 Å². The molecule has 0 unspecified atom stereocenters. The van der Waals surface area contributed by atoms with Crippen LogP contribution in [0.5, 0.6) is 5.75 Å². The molecule has 0 aliphatic carbocycles. The number of aryl methyl sites for hydroxylation is 1. The second-order valence-electron chi connectivity index (χ2n) is 5.97. The number of halogens is 1. The quantitative estimate of drug-likeness (QED) is 0.795. The predicted molar refractivity (Wildman–Crippen MR) is 80.2 cm³/mol. The zero-order chi connectivity index (χ0) is 14.0. The van der Waals surface area contributed by atoms with Crippen LogP contribution in [0.1, 0.15) is 26.6 Å². The van der Waals surface area contributed by atoms with E-state index in [1.165, 1.54) is 0 Å². The van der Waals surface area contributed by atoms with E-state index in [1.54, 1.807) is 7.11 Å². The minimum atomic E-state index is 0.192. The average molecular weight is 281 g/mol. The van der Waals surface area contributed by atoms with E-state index in [-0.39, 0.29) is 5.41 Å². The van der Waals surface area contributed by atoms with Crippen LogP contribution in [0.3, 0.4) is 0 Å². The number of alkyl halides is 1. The van der Waals surface area contributed by atoms with Gasteiger partial charge >= 0.3 is 0 Å². The molecule has 0 N–H and O–H groups in total. The Hall–Kier alpha value is -1.22. The standard InChI is InChI=1S/C15H21ClN2O/c1-15(2,3)10-18-13-9-11(19-4)5-6-12(13)17-14(18)7-8-16/h5-6,9H,7-8,10H2,1-4H3. The molecule has 1 heterocycles. The van der Waals surface area contributed by atoms with Crippen molar-refractivity contribution >= 4 is 22.6 Å². The minimum absolute atomic E-state index is 0.192. The van der Waals surface area contributed by atoms with E-state index in [0.717, 1.165) is 35.6 Å². The van der Waals surface area contributed by atoms with Gasteiger partial charge in [-0.25, -0.2) is 4.98 Å². The number of hydrogen-bond donors (Lipinski definition) is 0. The Balaban J connectivity index is 2.56. The Morgan fingerprint density at radius 3 is 2.63 bits per heavy atom. The third-order valence-electron chi connectivity index (χ3n) is 2.99. The lowest BCUT2D eigenvalue weighted by molar-refractivity contribution is 0.343. The zero-order valence-electron chi connectivity index (χ0n) is 12.0. The molecule has 0 aliphatic heterocycles. The van der Waals surface area contributed by atoms with Gasteiger partial charge in [0.2, 0.25) is 0 Å². The lowest BCUT2D eigenvalue weighted by Gasteiger charge is -2.21. The van der Waals surface area contributed by atoms with Crippen LogP contribution in [-0.4, -0.2) is 22.5 Å². The Kier molecular flexibility index (Phi) is 4.04. The van der Waals surface area contributed by atoms with Gasteiger partial charge in [-0.15, -0.1) is 11.6 Å². The molecule has 0 saturated heterocycles. The van der Waals surface area contributed by atoms with Gasteiger partial charge in [-0.2, -0.15) is 0 Å². The van der Waals surface area contributed by atoms with Gasteiger partial charge in [0.15, 0.2) is 0 Å². The molecule has 0 radical (unpaired) electrons. The highest BCUT2D eigenvalue weighted by atomic mass is 35.5. The van der Waals surface area contributed by atoms with Crippen LogP contribution in [0.25, 0.3) is 11.0 Å². The van der Waals surface area contributed by atoms with Crippen LogP contribution < -0.4 is 4.74 Å². The van der Waals surface area contributed by atoms with Crippen molar-refractivity contribution in [2.75, 3.05) is 13.0 Å². The van der Waals surface area contributed by atoms with Crippen molar-refractivity contribution < 1.29 is 4.74 Å². The number of methoxy groups -OCH3 is 1. The molecule has 0 saturated carbocycles. The third kappa shape index (κ3) is 3.21. The number of rotatable bonds is 4. The summed E-state index contributed by atoms with van der Waals surface area (Å²) < 4.78 is 7.57. The van der Waals surface area contributed by atoms with Crippen molar-refractivity contribution in [1.29, 1.82) is 0 Å². The van der Waals surface area contributed by atoms with Gasteiger partial charge in [0.1, 0.15) is 11.6 Å². The number of nitrogens with zero attached hydrogens (tertiary/aromatic N) is 2. The third-order valence-corrected chi connectivity index (χ3v) is 3.17. The maximum atomic E-state index is 5.89. The number of imidazole rings is 1. The average Bonchev–Trinajstić information content (AvgIpc) is 2.65. The van der Waals surface area contributed by atoms with Crippen LogP contribution >= 0.6 is 11.6 Å². The summed E-state index contributed by atoms with van der Waals surface area (Å²) in [5.74, 6) is 2.50. The molecule has 4 heteroatoms. The minimum Gasteiger partial charge on any atom is -0.497 e. The molecule has 104 valence electrons. The SMILES string of the molecule is COc1ccc2nc(CCCl)n(CC(C)(C)C)c2c1. The van der Waals surface area contributed by atoms with Crippen LogP contribution in [0.15, 0.2) is 18.2 Å². The normalized spacial score (nSPS) is 12.1. The number of ether oxygens (including phenoxy) is 1. The summed E-state index contributed by atoms with van der Waals surface area (Å²) >= 11 is 5.89. The topological polar surface area (TPSA) is 27.1 Å². The Bertz CT molecular complexity index is 569. The second-order valence-corrected chi connectivity index (χ2v) is 6.35. The molecule has 3 nitrogen and oxygen atoms in total. The number of fused-ring (bicyclic) bond motifs is 1. The lowest BCUT2D eigenvalue weighted by atomic mass is 9.96. The summed E-state index contributed by atoms with van der Waals surface area (Å²) in [4.78, 5) is 4.68. The van der Waals surface area contributed by atoms with Crippen molar-refractivity contribution in [1.82, 2.24) is 9.55 Å². The van der Waals surface area contributed by atoms with E-state index >= 15 is 0 Å². The van der Waals surface area contributed by atoms with Crippen molar-refractivity contribution in [3.63, 3.8) is 0 Å². The molecule has 19 heavy (non-hydrogen) atoms. The summed E-state index contributed by atoms with van der Waals surface area (Å²) in [5.41, 5.74) is 2.32. The van der Waals surface area contributed by atoms with E-state index in [4.69, 9.17) is 16.3 Å². The van der Waals surface area contributed by atoms with E-state index in [9.17, 15) is 0 Å². The summed E-state index contributed by atoms with van der Waals surface area (Å²) in [6.07, 6.45) is 0.786. The molecule has 2 aromatic rings. The smallest absolute Gasteiger partial charge is 0.121 e. The summed E-state index contributed by atoms with van der Waals surface area (Å²) in [7, 11) is 1.69. The van der Waals surface area contributed by atoms with E-state index in [0.29, 0.717) is 5.88 Å². The van der Waals surface area contributed by atoms with E-state index < -0.39 is 0 Å². The lowest BCUT2D eigenvalue weighted by Crippen LogP contribution is -2.17. The first kappa shape index (κ1) is 14.2. The van der Waals surface area contributed by atoms with Gasteiger partial charge in [0, 0.05) is 24.9 Å². The van der Waals surface area contributed by atoms with Crippen LogP contribution in [0.4, 0.5) is 0 Å². The van der Waals surface area contributed by atoms with Crippen LogP contribution in [0.2, 0.25) is 0 Å². The molecule has 0 amide bonds. The molecule has 1 aromatic carbocycles. The maximum Gasteiger partial charge on any atom is 0.121 e. The first-order chi connectivity index (χ1) is 8.94. The highest BCUT2D eigenvalue weighted by Crippen LogP contribution is 2.26. The first-order valence-corrected chi connectivity index (χ1v) is 7.07. The number of hydrogen-bond acceptors (Lipinski definition) is 2. The molecule has 0 fully saturated rings. The van der Waals surface area contributed by atoms with Gasteiger partial charge in [-0.05, 0) is 17.5 Å².